The molecule has 0 spiro atoms. The maximum atomic E-state index is 12.4. The van der Waals surface area contributed by atoms with Gasteiger partial charge in [-0.3, -0.25) is 4.79 Å². The quantitative estimate of drug-likeness (QED) is 0.633. The summed E-state index contributed by atoms with van der Waals surface area (Å²) in [5, 5.41) is 9.71. The lowest BCUT2D eigenvalue weighted by molar-refractivity contribution is -0.135. The number of fused-ring (bicyclic) bond motifs is 1. The first-order valence-corrected chi connectivity index (χ1v) is 9.09. The number of nitriles is 1. The lowest BCUT2D eigenvalue weighted by atomic mass is 10.1. The SMILES string of the molecule is C[C@H](c1nc2ccccc2s1)N(C)C(=O)COC(=O)c1cccc(C#N)c1. The molecule has 0 fully saturated rings. The molecular weight excluding hydrogens is 362 g/mol. The third-order valence-electron chi connectivity index (χ3n) is 4.20. The van der Waals surface area contributed by atoms with Crippen LogP contribution < -0.4 is 0 Å². The number of esters is 1. The van der Waals surface area contributed by atoms with Gasteiger partial charge >= 0.3 is 5.97 Å². The number of hydrogen-bond donors (Lipinski definition) is 0. The number of carbonyl (C=O) groups is 2. The Hall–Kier alpha value is -3.24. The third-order valence-corrected chi connectivity index (χ3v) is 5.40. The van der Waals surface area contributed by atoms with Crippen LogP contribution in [0.3, 0.4) is 0 Å². The molecule has 136 valence electrons. The normalized spacial score (nSPS) is 11.6. The second kappa shape index (κ2) is 7.98. The number of likely N-dealkylation sites (N-methyl/N-ethyl adjacent to an activating group) is 1. The first kappa shape index (κ1) is 18.5. The monoisotopic (exact) mass is 379 g/mol. The van der Waals surface area contributed by atoms with E-state index in [9.17, 15) is 9.59 Å². The molecule has 7 heteroatoms. The van der Waals surface area contributed by atoms with Crippen molar-refractivity contribution in [1.29, 1.82) is 5.26 Å². The molecule has 0 unspecified atom stereocenters. The van der Waals surface area contributed by atoms with E-state index in [1.807, 2.05) is 37.3 Å². The standard InChI is InChI=1S/C20H17N3O3S/c1-13(19-22-16-8-3-4-9-17(16)27-19)23(2)18(24)12-26-20(25)15-7-5-6-14(10-15)11-21/h3-10,13H,12H2,1-2H3/t13-/m1/s1. The Labute approximate surface area is 160 Å². The van der Waals surface area contributed by atoms with Gasteiger partial charge in [0.1, 0.15) is 5.01 Å². The zero-order chi connectivity index (χ0) is 19.4. The minimum atomic E-state index is -0.638. The van der Waals surface area contributed by atoms with E-state index in [1.54, 1.807) is 25.2 Å². The molecule has 2 aromatic carbocycles. The maximum absolute atomic E-state index is 12.4. The van der Waals surface area contributed by atoms with Crippen molar-refractivity contribution in [1.82, 2.24) is 9.88 Å². The Kier molecular flexibility index (Phi) is 5.48. The molecule has 1 amide bonds. The molecule has 3 aromatic rings. The Morgan fingerprint density at radius 1 is 1.26 bits per heavy atom. The Morgan fingerprint density at radius 2 is 2.04 bits per heavy atom. The highest BCUT2D eigenvalue weighted by atomic mass is 32.1. The molecule has 0 saturated carbocycles. The van der Waals surface area contributed by atoms with E-state index in [4.69, 9.17) is 10.00 Å². The number of rotatable bonds is 5. The number of benzene rings is 2. The summed E-state index contributed by atoms with van der Waals surface area (Å²) in [5.41, 5.74) is 1.50. The van der Waals surface area contributed by atoms with Crippen molar-refractivity contribution in [2.24, 2.45) is 0 Å². The van der Waals surface area contributed by atoms with E-state index in [2.05, 4.69) is 4.98 Å². The van der Waals surface area contributed by atoms with Crippen LogP contribution in [0, 0.1) is 11.3 Å². The fourth-order valence-electron chi connectivity index (χ4n) is 2.48. The highest BCUT2D eigenvalue weighted by Gasteiger charge is 2.22. The third kappa shape index (κ3) is 4.13. The minimum absolute atomic E-state index is 0.240. The highest BCUT2D eigenvalue weighted by Crippen LogP contribution is 2.28. The number of carbonyl (C=O) groups excluding carboxylic acids is 2. The maximum Gasteiger partial charge on any atom is 0.338 e. The van der Waals surface area contributed by atoms with E-state index in [0.29, 0.717) is 5.56 Å². The van der Waals surface area contributed by atoms with Crippen LogP contribution in [0.1, 0.15) is 33.9 Å². The first-order valence-electron chi connectivity index (χ1n) is 8.28. The molecule has 1 heterocycles. The van der Waals surface area contributed by atoms with Crippen LogP contribution in [0.5, 0.6) is 0 Å². The van der Waals surface area contributed by atoms with Gasteiger partial charge in [0.2, 0.25) is 0 Å². The Morgan fingerprint density at radius 3 is 2.78 bits per heavy atom. The molecule has 0 saturated heterocycles. The van der Waals surface area contributed by atoms with Gasteiger partial charge in [-0.2, -0.15) is 5.26 Å². The average Bonchev–Trinajstić information content (AvgIpc) is 3.14. The van der Waals surface area contributed by atoms with Gasteiger partial charge < -0.3 is 9.64 Å². The molecule has 0 N–H and O–H groups in total. The summed E-state index contributed by atoms with van der Waals surface area (Å²) in [6, 6.07) is 15.7. The molecule has 6 nitrogen and oxygen atoms in total. The average molecular weight is 379 g/mol. The molecule has 3 rings (SSSR count). The predicted octanol–water partition coefficient (Wildman–Crippen LogP) is 3.54. The van der Waals surface area contributed by atoms with Gasteiger partial charge in [0, 0.05) is 7.05 Å². The lowest BCUT2D eigenvalue weighted by Gasteiger charge is -2.23. The van der Waals surface area contributed by atoms with Crippen LogP contribution in [-0.4, -0.2) is 35.4 Å². The highest BCUT2D eigenvalue weighted by molar-refractivity contribution is 7.18. The molecule has 0 bridgehead atoms. The van der Waals surface area contributed by atoms with Crippen molar-refractivity contribution in [2.45, 2.75) is 13.0 Å². The number of ether oxygens (including phenoxy) is 1. The van der Waals surface area contributed by atoms with Gasteiger partial charge in [0.15, 0.2) is 6.61 Å². The zero-order valence-corrected chi connectivity index (χ0v) is 15.7. The number of nitrogens with zero attached hydrogens (tertiary/aromatic N) is 3. The first-order chi connectivity index (χ1) is 13.0. The fourth-order valence-corrected chi connectivity index (χ4v) is 3.54. The number of aromatic nitrogens is 1. The molecule has 0 aliphatic heterocycles. The summed E-state index contributed by atoms with van der Waals surface area (Å²) in [6.45, 7) is 1.51. The van der Waals surface area contributed by atoms with Crippen molar-refractivity contribution < 1.29 is 14.3 Å². The summed E-state index contributed by atoms with van der Waals surface area (Å²) in [5.74, 6) is -0.965. The van der Waals surface area contributed by atoms with E-state index in [0.717, 1.165) is 15.2 Å². The molecular formula is C20H17N3O3S. The van der Waals surface area contributed by atoms with Crippen LogP contribution in [0.15, 0.2) is 48.5 Å². The van der Waals surface area contributed by atoms with Crippen LogP contribution in [-0.2, 0) is 9.53 Å². The van der Waals surface area contributed by atoms with Gasteiger partial charge in [-0.1, -0.05) is 18.2 Å². The van der Waals surface area contributed by atoms with E-state index >= 15 is 0 Å². The Bertz CT molecular complexity index is 1010. The molecule has 1 atom stereocenters. The van der Waals surface area contributed by atoms with E-state index in [1.165, 1.54) is 22.3 Å². The molecule has 0 aliphatic carbocycles. The summed E-state index contributed by atoms with van der Waals surface area (Å²) < 4.78 is 6.16. The van der Waals surface area contributed by atoms with Crippen LogP contribution >= 0.6 is 11.3 Å². The van der Waals surface area contributed by atoms with Crippen molar-refractivity contribution >= 4 is 33.4 Å². The number of amides is 1. The van der Waals surface area contributed by atoms with Gasteiger partial charge in [0.25, 0.3) is 5.91 Å². The summed E-state index contributed by atoms with van der Waals surface area (Å²) >= 11 is 1.53. The van der Waals surface area contributed by atoms with Crippen molar-refractivity contribution in [2.75, 3.05) is 13.7 Å². The lowest BCUT2D eigenvalue weighted by Crippen LogP contribution is -2.33. The van der Waals surface area contributed by atoms with Crippen LogP contribution in [0.25, 0.3) is 10.2 Å². The number of thiazole rings is 1. The predicted molar refractivity (Wildman–Crippen MR) is 102 cm³/mol. The number of hydrogen-bond acceptors (Lipinski definition) is 6. The van der Waals surface area contributed by atoms with E-state index < -0.39 is 5.97 Å². The molecule has 27 heavy (non-hydrogen) atoms. The van der Waals surface area contributed by atoms with Gasteiger partial charge in [-0.05, 0) is 37.3 Å². The largest absolute Gasteiger partial charge is 0.452 e. The van der Waals surface area contributed by atoms with Crippen LogP contribution in [0.2, 0.25) is 0 Å². The smallest absolute Gasteiger partial charge is 0.338 e. The van der Waals surface area contributed by atoms with Gasteiger partial charge in [0.05, 0.1) is 33.5 Å². The van der Waals surface area contributed by atoms with Crippen molar-refractivity contribution in [3.05, 3.63) is 64.7 Å². The van der Waals surface area contributed by atoms with Gasteiger partial charge in [-0.25, -0.2) is 9.78 Å². The molecule has 0 radical (unpaired) electrons. The molecule has 0 aliphatic rings. The number of para-hydroxylation sites is 1. The summed E-state index contributed by atoms with van der Waals surface area (Å²) in [4.78, 5) is 30.6. The van der Waals surface area contributed by atoms with Crippen molar-refractivity contribution in [3.8, 4) is 6.07 Å². The van der Waals surface area contributed by atoms with Gasteiger partial charge in [-0.15, -0.1) is 11.3 Å². The molecule has 1 aromatic heterocycles. The summed E-state index contributed by atoms with van der Waals surface area (Å²) in [6.07, 6.45) is 0. The second-order valence-electron chi connectivity index (χ2n) is 5.97. The second-order valence-corrected chi connectivity index (χ2v) is 7.03. The van der Waals surface area contributed by atoms with Crippen LogP contribution in [0.4, 0.5) is 0 Å². The fraction of sp³-hybridized carbons (Fsp3) is 0.200. The topological polar surface area (TPSA) is 83.3 Å². The van der Waals surface area contributed by atoms with E-state index in [-0.39, 0.29) is 24.1 Å². The Balaban J connectivity index is 1.63. The van der Waals surface area contributed by atoms with Crippen molar-refractivity contribution in [3.63, 3.8) is 0 Å². The minimum Gasteiger partial charge on any atom is -0.452 e. The zero-order valence-electron chi connectivity index (χ0n) is 14.9. The summed E-state index contributed by atoms with van der Waals surface area (Å²) in [7, 11) is 1.66.